The van der Waals surface area contributed by atoms with Gasteiger partial charge in [0.15, 0.2) is 0 Å². The van der Waals surface area contributed by atoms with Gasteiger partial charge in [-0.25, -0.2) is 4.39 Å². The average molecular weight is 375 g/mol. The third-order valence-corrected chi connectivity index (χ3v) is 3.63. The van der Waals surface area contributed by atoms with E-state index in [4.69, 9.17) is 0 Å². The van der Waals surface area contributed by atoms with Crippen LogP contribution in [0.3, 0.4) is 0 Å². The van der Waals surface area contributed by atoms with E-state index in [1.165, 1.54) is 13.2 Å². The molecule has 3 heteroatoms. The van der Waals surface area contributed by atoms with Gasteiger partial charge in [-0.3, -0.25) is 4.79 Å². The van der Waals surface area contributed by atoms with Gasteiger partial charge in [-0.15, -0.1) is 0 Å². The molecule has 0 N–H and O–H groups in total. The molecular formula is C24H35FO2. The first-order valence-electron chi connectivity index (χ1n) is 9.83. The maximum atomic E-state index is 13.5. The highest BCUT2D eigenvalue weighted by molar-refractivity contribution is 5.69. The molecule has 0 rings (SSSR count). The molecule has 0 fully saturated rings. The van der Waals surface area contributed by atoms with E-state index < -0.39 is 6.17 Å². The van der Waals surface area contributed by atoms with Gasteiger partial charge < -0.3 is 4.74 Å². The Labute approximate surface area is 164 Å². The molecule has 0 saturated carbocycles. The Bertz CT molecular complexity index is 524. The lowest BCUT2D eigenvalue weighted by atomic mass is 10.2. The van der Waals surface area contributed by atoms with E-state index >= 15 is 0 Å². The molecule has 0 aromatic rings. The molecule has 0 heterocycles. The number of alkyl halides is 1. The predicted octanol–water partition coefficient (Wildman–Crippen LogP) is 6.98. The van der Waals surface area contributed by atoms with E-state index in [2.05, 4.69) is 66.3 Å². The molecule has 0 aliphatic heterocycles. The standard InChI is InChI=1S/C24H35FO2/c1-3-4-5-6-7-8-9-10-11-12-13-14-15-16-17-18-19-20-23(25)21-22-24(26)27-2/h4-5,7-8,10-11,13-14,16-17,19-20,23H,3,6,9,12,15,18,21-22H2,1-2H3/b5-4-,8-7-,11-10-,14-13-,17-16-,20-19-. The van der Waals surface area contributed by atoms with E-state index in [-0.39, 0.29) is 18.8 Å². The summed E-state index contributed by atoms with van der Waals surface area (Å²) in [6.07, 6.45) is 29.6. The number of hydrogen-bond donors (Lipinski definition) is 0. The van der Waals surface area contributed by atoms with Gasteiger partial charge in [0.1, 0.15) is 6.17 Å². The number of allylic oxidation sites excluding steroid dienone is 12. The number of carbonyl (C=O) groups is 1. The summed E-state index contributed by atoms with van der Waals surface area (Å²) < 4.78 is 17.9. The zero-order valence-corrected chi connectivity index (χ0v) is 16.9. The maximum Gasteiger partial charge on any atom is 0.305 e. The summed E-state index contributed by atoms with van der Waals surface area (Å²) in [5.41, 5.74) is 0. The highest BCUT2D eigenvalue weighted by Gasteiger charge is 2.05. The van der Waals surface area contributed by atoms with Gasteiger partial charge >= 0.3 is 5.97 Å². The van der Waals surface area contributed by atoms with Gasteiger partial charge in [-0.2, -0.15) is 0 Å². The third-order valence-electron chi connectivity index (χ3n) is 3.63. The summed E-state index contributed by atoms with van der Waals surface area (Å²) in [5.74, 6) is -0.371. The first kappa shape index (κ1) is 24.8. The second kappa shape index (κ2) is 20.2. The molecule has 2 nitrogen and oxygen atoms in total. The summed E-state index contributed by atoms with van der Waals surface area (Å²) in [4.78, 5) is 10.9. The third kappa shape index (κ3) is 20.0. The van der Waals surface area contributed by atoms with Crippen molar-refractivity contribution in [3.05, 3.63) is 72.9 Å². The number of carbonyl (C=O) groups excluding carboxylic acids is 1. The number of halogens is 1. The topological polar surface area (TPSA) is 26.3 Å². The molecule has 0 aromatic carbocycles. The van der Waals surface area contributed by atoms with Crippen LogP contribution in [0.4, 0.5) is 4.39 Å². The Morgan fingerprint density at radius 2 is 1.19 bits per heavy atom. The minimum Gasteiger partial charge on any atom is -0.469 e. The summed E-state index contributed by atoms with van der Waals surface area (Å²) in [6, 6.07) is 0. The Morgan fingerprint density at radius 3 is 1.59 bits per heavy atom. The summed E-state index contributed by atoms with van der Waals surface area (Å²) >= 11 is 0. The quantitative estimate of drug-likeness (QED) is 0.228. The van der Waals surface area contributed by atoms with Gasteiger partial charge in [0, 0.05) is 6.42 Å². The molecule has 27 heavy (non-hydrogen) atoms. The highest BCUT2D eigenvalue weighted by Crippen LogP contribution is 2.05. The largest absolute Gasteiger partial charge is 0.469 e. The Kier molecular flexibility index (Phi) is 18.5. The lowest BCUT2D eigenvalue weighted by Crippen LogP contribution is -2.04. The van der Waals surface area contributed by atoms with Crippen molar-refractivity contribution in [3.63, 3.8) is 0 Å². The van der Waals surface area contributed by atoms with Crippen molar-refractivity contribution in [2.75, 3.05) is 7.11 Å². The van der Waals surface area contributed by atoms with Crippen LogP contribution in [0.25, 0.3) is 0 Å². The lowest BCUT2D eigenvalue weighted by Gasteiger charge is -2.00. The van der Waals surface area contributed by atoms with Gasteiger partial charge in [0.05, 0.1) is 7.11 Å². The molecule has 0 saturated heterocycles. The van der Waals surface area contributed by atoms with Crippen LogP contribution in [-0.2, 0) is 9.53 Å². The van der Waals surface area contributed by atoms with Gasteiger partial charge in [0.2, 0.25) is 0 Å². The molecule has 150 valence electrons. The van der Waals surface area contributed by atoms with Gasteiger partial charge in [-0.1, -0.05) is 79.8 Å². The molecule has 0 bridgehead atoms. The van der Waals surface area contributed by atoms with Crippen LogP contribution < -0.4 is 0 Å². The number of methoxy groups -OCH3 is 1. The fourth-order valence-electron chi connectivity index (χ4n) is 2.11. The summed E-state index contributed by atoms with van der Waals surface area (Å²) in [5, 5.41) is 0. The number of ether oxygens (including phenoxy) is 1. The van der Waals surface area contributed by atoms with E-state index in [0.29, 0.717) is 6.42 Å². The molecule has 0 spiro atoms. The van der Waals surface area contributed by atoms with Crippen molar-refractivity contribution in [2.24, 2.45) is 0 Å². The van der Waals surface area contributed by atoms with E-state index in [0.717, 1.165) is 32.1 Å². The van der Waals surface area contributed by atoms with E-state index in [1.54, 1.807) is 6.08 Å². The second-order valence-corrected chi connectivity index (χ2v) is 6.00. The minimum atomic E-state index is -1.09. The highest BCUT2D eigenvalue weighted by atomic mass is 19.1. The maximum absolute atomic E-state index is 13.5. The molecule has 0 aliphatic rings. The molecular weight excluding hydrogens is 339 g/mol. The predicted molar refractivity (Wildman–Crippen MR) is 114 cm³/mol. The van der Waals surface area contributed by atoms with Crippen LogP contribution in [0, 0.1) is 0 Å². The van der Waals surface area contributed by atoms with Crippen molar-refractivity contribution in [1.29, 1.82) is 0 Å². The monoisotopic (exact) mass is 374 g/mol. The first-order valence-corrected chi connectivity index (χ1v) is 9.83. The fraction of sp³-hybridized carbons (Fsp3) is 0.458. The zero-order valence-electron chi connectivity index (χ0n) is 16.9. The molecule has 0 aromatic heterocycles. The van der Waals surface area contributed by atoms with E-state index in [1.807, 2.05) is 6.08 Å². The van der Waals surface area contributed by atoms with Crippen molar-refractivity contribution < 1.29 is 13.9 Å². The number of hydrogen-bond acceptors (Lipinski definition) is 2. The first-order chi connectivity index (χ1) is 13.2. The molecule has 0 amide bonds. The van der Waals surface area contributed by atoms with Crippen molar-refractivity contribution in [3.8, 4) is 0 Å². The van der Waals surface area contributed by atoms with Gasteiger partial charge in [0.25, 0.3) is 0 Å². The van der Waals surface area contributed by atoms with Crippen LogP contribution in [0.15, 0.2) is 72.9 Å². The number of esters is 1. The fourth-order valence-corrected chi connectivity index (χ4v) is 2.11. The molecule has 0 aliphatic carbocycles. The van der Waals surface area contributed by atoms with Crippen LogP contribution in [0.5, 0.6) is 0 Å². The molecule has 0 radical (unpaired) electrons. The van der Waals surface area contributed by atoms with Crippen LogP contribution in [0.1, 0.15) is 58.3 Å². The average Bonchev–Trinajstić information content (AvgIpc) is 2.68. The molecule has 1 atom stereocenters. The summed E-state index contributed by atoms with van der Waals surface area (Å²) in [6.45, 7) is 2.14. The summed E-state index contributed by atoms with van der Waals surface area (Å²) in [7, 11) is 1.31. The normalized spacial score (nSPS) is 14.0. The van der Waals surface area contributed by atoms with Crippen LogP contribution in [0.2, 0.25) is 0 Å². The SMILES string of the molecule is CC/C=C\C/C=C\C/C=C\C/C=C\C/C=C\C/C=C\C(F)CCC(=O)OC. The second-order valence-electron chi connectivity index (χ2n) is 6.00. The van der Waals surface area contributed by atoms with E-state index in [9.17, 15) is 9.18 Å². The number of rotatable bonds is 15. The smallest absolute Gasteiger partial charge is 0.305 e. The Balaban J connectivity index is 3.64. The van der Waals surface area contributed by atoms with Gasteiger partial charge in [-0.05, 0) is 44.9 Å². The zero-order chi connectivity index (χ0) is 20.0. The lowest BCUT2D eigenvalue weighted by molar-refractivity contribution is -0.140. The van der Waals surface area contributed by atoms with Crippen LogP contribution in [-0.4, -0.2) is 19.3 Å². The van der Waals surface area contributed by atoms with Crippen molar-refractivity contribution in [2.45, 2.75) is 64.5 Å². The molecule has 1 unspecified atom stereocenters. The van der Waals surface area contributed by atoms with Crippen molar-refractivity contribution in [1.82, 2.24) is 0 Å². The Hall–Kier alpha value is -2.16. The minimum absolute atomic E-state index is 0.115. The van der Waals surface area contributed by atoms with Crippen LogP contribution >= 0.6 is 0 Å². The van der Waals surface area contributed by atoms with Crippen molar-refractivity contribution >= 4 is 5.97 Å². The Morgan fingerprint density at radius 1 is 0.778 bits per heavy atom.